The molecule has 0 saturated heterocycles. The number of rotatable bonds is 1. The summed E-state index contributed by atoms with van der Waals surface area (Å²) in [6, 6.07) is 3.95. The van der Waals surface area contributed by atoms with E-state index < -0.39 is 11.6 Å². The van der Waals surface area contributed by atoms with Crippen molar-refractivity contribution in [3.8, 4) is 0 Å². The van der Waals surface area contributed by atoms with E-state index in [4.69, 9.17) is 0 Å². The molecule has 0 atom stereocenters. The standard InChI is InChI=1S/C11H11F2N/c12-9-4-1-5-10(13)11(9)8-3-2-6-14-7-8/h1,3-5,14H,2,6-7H2. The van der Waals surface area contributed by atoms with Crippen LogP contribution in [0.5, 0.6) is 0 Å². The van der Waals surface area contributed by atoms with Crippen molar-refractivity contribution in [2.75, 3.05) is 13.1 Å². The van der Waals surface area contributed by atoms with Gasteiger partial charge in [-0.05, 0) is 30.7 Å². The second-order valence-electron chi connectivity index (χ2n) is 3.29. The Balaban J connectivity index is 2.44. The molecule has 1 aromatic carbocycles. The predicted octanol–water partition coefficient (Wildman–Crippen LogP) is 2.34. The van der Waals surface area contributed by atoms with Crippen LogP contribution in [0.2, 0.25) is 0 Å². The van der Waals surface area contributed by atoms with Gasteiger partial charge in [-0.1, -0.05) is 12.1 Å². The Labute approximate surface area is 81.4 Å². The van der Waals surface area contributed by atoms with E-state index in [1.165, 1.54) is 18.2 Å². The first kappa shape index (κ1) is 9.34. The largest absolute Gasteiger partial charge is 0.312 e. The van der Waals surface area contributed by atoms with Gasteiger partial charge < -0.3 is 5.32 Å². The van der Waals surface area contributed by atoms with Crippen LogP contribution in [0.15, 0.2) is 24.3 Å². The molecule has 0 spiro atoms. The molecule has 14 heavy (non-hydrogen) atoms. The zero-order chi connectivity index (χ0) is 9.97. The first-order valence-corrected chi connectivity index (χ1v) is 4.63. The van der Waals surface area contributed by atoms with Crippen LogP contribution < -0.4 is 5.32 Å². The van der Waals surface area contributed by atoms with E-state index in [1.54, 1.807) is 0 Å². The molecule has 1 nitrogen and oxygen atoms in total. The number of nitrogens with one attached hydrogen (secondary N) is 1. The first-order chi connectivity index (χ1) is 6.79. The molecule has 2 rings (SSSR count). The molecular weight excluding hydrogens is 184 g/mol. The SMILES string of the molecule is Fc1cccc(F)c1C1=CCCNC1. The lowest BCUT2D eigenvalue weighted by Crippen LogP contribution is -2.22. The van der Waals surface area contributed by atoms with E-state index >= 15 is 0 Å². The number of halogens is 2. The molecule has 74 valence electrons. The minimum Gasteiger partial charge on any atom is -0.312 e. The molecule has 1 aliphatic rings. The normalized spacial score (nSPS) is 16.6. The number of hydrogen-bond acceptors (Lipinski definition) is 1. The van der Waals surface area contributed by atoms with E-state index in [0.717, 1.165) is 13.0 Å². The number of benzene rings is 1. The maximum atomic E-state index is 13.3. The van der Waals surface area contributed by atoms with Crippen molar-refractivity contribution in [2.24, 2.45) is 0 Å². The molecular formula is C11H11F2N. The molecule has 0 aromatic heterocycles. The third kappa shape index (κ3) is 1.68. The fourth-order valence-corrected chi connectivity index (χ4v) is 1.64. The quantitative estimate of drug-likeness (QED) is 0.725. The van der Waals surface area contributed by atoms with Crippen LogP contribution in [0, 0.1) is 11.6 Å². The van der Waals surface area contributed by atoms with Gasteiger partial charge in [0.15, 0.2) is 0 Å². The van der Waals surface area contributed by atoms with Gasteiger partial charge in [0, 0.05) is 6.54 Å². The average Bonchev–Trinajstić information content (AvgIpc) is 2.19. The van der Waals surface area contributed by atoms with Gasteiger partial charge in [-0.25, -0.2) is 8.78 Å². The van der Waals surface area contributed by atoms with Crippen LogP contribution in [0.1, 0.15) is 12.0 Å². The van der Waals surface area contributed by atoms with Crippen LogP contribution >= 0.6 is 0 Å². The topological polar surface area (TPSA) is 12.0 Å². The summed E-state index contributed by atoms with van der Waals surface area (Å²) < 4.78 is 26.7. The highest BCUT2D eigenvalue weighted by Crippen LogP contribution is 2.22. The molecule has 0 amide bonds. The smallest absolute Gasteiger partial charge is 0.133 e. The van der Waals surface area contributed by atoms with Crippen LogP contribution in [-0.4, -0.2) is 13.1 Å². The van der Waals surface area contributed by atoms with Gasteiger partial charge in [0.1, 0.15) is 11.6 Å². The van der Waals surface area contributed by atoms with Crippen LogP contribution in [0.4, 0.5) is 8.78 Å². The van der Waals surface area contributed by atoms with Gasteiger partial charge in [-0.2, -0.15) is 0 Å². The molecule has 1 heterocycles. The van der Waals surface area contributed by atoms with Crippen molar-refractivity contribution in [2.45, 2.75) is 6.42 Å². The first-order valence-electron chi connectivity index (χ1n) is 4.63. The highest BCUT2D eigenvalue weighted by molar-refractivity contribution is 5.68. The summed E-state index contributed by atoms with van der Waals surface area (Å²) in [5.41, 5.74) is 0.826. The van der Waals surface area contributed by atoms with Gasteiger partial charge in [-0.15, -0.1) is 0 Å². The predicted molar refractivity (Wildman–Crippen MR) is 51.8 cm³/mol. The molecule has 0 aliphatic carbocycles. The van der Waals surface area contributed by atoms with Gasteiger partial charge in [0.05, 0.1) is 5.56 Å². The third-order valence-electron chi connectivity index (χ3n) is 2.31. The summed E-state index contributed by atoms with van der Waals surface area (Å²) in [5, 5.41) is 3.09. The number of hydrogen-bond donors (Lipinski definition) is 1. The fraction of sp³-hybridized carbons (Fsp3) is 0.273. The Bertz CT molecular complexity index is 351. The van der Waals surface area contributed by atoms with Crippen LogP contribution in [0.3, 0.4) is 0 Å². The van der Waals surface area contributed by atoms with Crippen molar-refractivity contribution in [3.63, 3.8) is 0 Å². The Hall–Kier alpha value is -1.22. The maximum absolute atomic E-state index is 13.3. The van der Waals surface area contributed by atoms with E-state index in [0.29, 0.717) is 12.1 Å². The lowest BCUT2D eigenvalue weighted by Gasteiger charge is -2.15. The Morgan fingerprint density at radius 3 is 2.43 bits per heavy atom. The summed E-state index contributed by atoms with van der Waals surface area (Å²) in [6.45, 7) is 1.41. The van der Waals surface area contributed by atoms with Crippen molar-refractivity contribution < 1.29 is 8.78 Å². The summed E-state index contributed by atoms with van der Waals surface area (Å²) in [5.74, 6) is -0.972. The summed E-state index contributed by atoms with van der Waals surface area (Å²) >= 11 is 0. The van der Waals surface area contributed by atoms with Crippen molar-refractivity contribution in [1.29, 1.82) is 0 Å². The highest BCUT2D eigenvalue weighted by atomic mass is 19.1. The molecule has 3 heteroatoms. The van der Waals surface area contributed by atoms with Crippen LogP contribution in [-0.2, 0) is 0 Å². The average molecular weight is 195 g/mol. The molecule has 0 saturated carbocycles. The zero-order valence-electron chi connectivity index (χ0n) is 7.69. The Morgan fingerprint density at radius 1 is 1.14 bits per heavy atom. The van der Waals surface area contributed by atoms with Crippen molar-refractivity contribution in [1.82, 2.24) is 5.32 Å². The zero-order valence-corrected chi connectivity index (χ0v) is 7.69. The third-order valence-corrected chi connectivity index (χ3v) is 2.31. The van der Waals surface area contributed by atoms with E-state index in [2.05, 4.69) is 5.32 Å². The van der Waals surface area contributed by atoms with Gasteiger partial charge >= 0.3 is 0 Å². The highest BCUT2D eigenvalue weighted by Gasteiger charge is 2.14. The van der Waals surface area contributed by atoms with E-state index in [-0.39, 0.29) is 5.56 Å². The second kappa shape index (κ2) is 3.88. The fourth-order valence-electron chi connectivity index (χ4n) is 1.64. The molecule has 0 radical (unpaired) electrons. The summed E-state index contributed by atoms with van der Waals surface area (Å²) in [4.78, 5) is 0. The van der Waals surface area contributed by atoms with E-state index in [9.17, 15) is 8.78 Å². The summed E-state index contributed by atoms with van der Waals surface area (Å²) in [6.07, 6.45) is 2.71. The van der Waals surface area contributed by atoms with Gasteiger partial charge in [-0.3, -0.25) is 0 Å². The van der Waals surface area contributed by atoms with Gasteiger partial charge in [0.25, 0.3) is 0 Å². The molecule has 0 fully saturated rings. The summed E-state index contributed by atoms with van der Waals surface area (Å²) in [7, 11) is 0. The lowest BCUT2D eigenvalue weighted by atomic mass is 10.0. The van der Waals surface area contributed by atoms with Gasteiger partial charge in [0.2, 0.25) is 0 Å². The molecule has 1 aliphatic heterocycles. The molecule has 0 unspecified atom stereocenters. The van der Waals surface area contributed by atoms with Crippen molar-refractivity contribution in [3.05, 3.63) is 41.5 Å². The van der Waals surface area contributed by atoms with Crippen molar-refractivity contribution >= 4 is 5.57 Å². The Kier molecular flexibility index (Phi) is 2.59. The van der Waals surface area contributed by atoms with E-state index in [1.807, 2.05) is 6.08 Å². The second-order valence-corrected chi connectivity index (χ2v) is 3.29. The molecule has 1 aromatic rings. The lowest BCUT2D eigenvalue weighted by molar-refractivity contribution is 0.573. The van der Waals surface area contributed by atoms with Crippen LogP contribution in [0.25, 0.3) is 5.57 Å². The molecule has 0 bridgehead atoms. The molecule has 1 N–H and O–H groups in total. The minimum absolute atomic E-state index is 0.111. The maximum Gasteiger partial charge on any atom is 0.133 e. The minimum atomic E-state index is -0.486. The Morgan fingerprint density at radius 2 is 1.86 bits per heavy atom. The monoisotopic (exact) mass is 195 g/mol.